The van der Waals surface area contributed by atoms with E-state index in [0.717, 1.165) is 28.4 Å². The van der Waals surface area contributed by atoms with Crippen LogP contribution in [0.1, 0.15) is 17.0 Å². The van der Waals surface area contributed by atoms with Crippen molar-refractivity contribution in [1.82, 2.24) is 10.2 Å². The van der Waals surface area contributed by atoms with Crippen LogP contribution < -0.4 is 0 Å². The first-order chi connectivity index (χ1) is 6.75. The van der Waals surface area contributed by atoms with Crippen LogP contribution in [0.3, 0.4) is 0 Å². The fourth-order valence-electron chi connectivity index (χ4n) is 1.40. The van der Waals surface area contributed by atoms with Crippen molar-refractivity contribution >= 4 is 11.6 Å². The fraction of sp³-hybridized carbons (Fsp3) is 0.182. The second-order valence-corrected chi connectivity index (χ2v) is 3.72. The Balaban J connectivity index is 2.23. The number of halogens is 1. The van der Waals surface area contributed by atoms with E-state index in [9.17, 15) is 0 Å². The highest BCUT2D eigenvalue weighted by atomic mass is 35.5. The molecule has 0 saturated carbocycles. The lowest BCUT2D eigenvalue weighted by molar-refractivity contribution is 0.980. The van der Waals surface area contributed by atoms with E-state index >= 15 is 0 Å². The van der Waals surface area contributed by atoms with Gasteiger partial charge in [-0.1, -0.05) is 29.8 Å². The first kappa shape index (κ1) is 9.28. The molecule has 0 bridgehead atoms. The van der Waals surface area contributed by atoms with E-state index in [1.165, 1.54) is 0 Å². The van der Waals surface area contributed by atoms with Gasteiger partial charge in [0.05, 0.1) is 5.69 Å². The van der Waals surface area contributed by atoms with Crippen molar-refractivity contribution in [2.45, 2.75) is 13.3 Å². The predicted octanol–water partition coefficient (Wildman–Crippen LogP) is 2.96. The zero-order chi connectivity index (χ0) is 9.97. The molecule has 0 spiro atoms. The number of aromatic amines is 1. The molecule has 0 saturated heterocycles. The molecule has 2 aromatic rings. The predicted molar refractivity (Wildman–Crippen MR) is 57.6 cm³/mol. The maximum Gasteiger partial charge on any atom is 0.0669 e. The molecule has 0 atom stereocenters. The summed E-state index contributed by atoms with van der Waals surface area (Å²) in [6.45, 7) is 1.99. The third kappa shape index (κ3) is 1.96. The van der Waals surface area contributed by atoms with Gasteiger partial charge >= 0.3 is 0 Å². The average molecular weight is 207 g/mol. The molecule has 0 radical (unpaired) electrons. The Labute approximate surface area is 87.9 Å². The quantitative estimate of drug-likeness (QED) is 0.804. The average Bonchev–Trinajstić information content (AvgIpc) is 2.56. The lowest BCUT2D eigenvalue weighted by Gasteiger charge is -1.99. The summed E-state index contributed by atoms with van der Waals surface area (Å²) in [7, 11) is 0. The Morgan fingerprint density at radius 2 is 2.14 bits per heavy atom. The highest BCUT2D eigenvalue weighted by molar-refractivity contribution is 6.31. The van der Waals surface area contributed by atoms with Crippen molar-refractivity contribution in [2.75, 3.05) is 0 Å². The molecule has 1 N–H and O–H groups in total. The van der Waals surface area contributed by atoms with Crippen molar-refractivity contribution in [3.05, 3.63) is 52.3 Å². The number of hydrogen-bond donors (Lipinski definition) is 1. The maximum atomic E-state index is 6.04. The molecule has 0 fully saturated rings. The van der Waals surface area contributed by atoms with Gasteiger partial charge in [0.1, 0.15) is 0 Å². The number of hydrogen-bond acceptors (Lipinski definition) is 1. The standard InChI is InChI=1S/C11H11ClN2/c1-8-6-10(14-13-8)7-9-4-2-3-5-11(9)12/h2-6H,7H2,1H3,(H,13,14). The number of aromatic nitrogens is 2. The van der Waals surface area contributed by atoms with Crippen molar-refractivity contribution in [3.8, 4) is 0 Å². The summed E-state index contributed by atoms with van der Waals surface area (Å²) in [6, 6.07) is 9.87. The smallest absolute Gasteiger partial charge is 0.0669 e. The topological polar surface area (TPSA) is 28.7 Å². The zero-order valence-electron chi connectivity index (χ0n) is 7.92. The molecular formula is C11H11ClN2. The van der Waals surface area contributed by atoms with Crippen molar-refractivity contribution in [3.63, 3.8) is 0 Å². The number of benzene rings is 1. The lowest BCUT2D eigenvalue weighted by atomic mass is 10.1. The monoisotopic (exact) mass is 206 g/mol. The van der Waals surface area contributed by atoms with Crippen LogP contribution in [0.5, 0.6) is 0 Å². The van der Waals surface area contributed by atoms with Crippen LogP contribution in [-0.4, -0.2) is 10.2 Å². The molecule has 0 aliphatic carbocycles. The number of nitrogens with zero attached hydrogens (tertiary/aromatic N) is 1. The minimum absolute atomic E-state index is 0.782. The van der Waals surface area contributed by atoms with Crippen LogP contribution in [0.4, 0.5) is 0 Å². The molecule has 1 aromatic heterocycles. The van der Waals surface area contributed by atoms with Crippen LogP contribution in [0, 0.1) is 6.92 Å². The minimum Gasteiger partial charge on any atom is -0.283 e. The second kappa shape index (κ2) is 3.84. The molecular weight excluding hydrogens is 196 g/mol. The van der Waals surface area contributed by atoms with Crippen molar-refractivity contribution in [2.24, 2.45) is 0 Å². The van der Waals surface area contributed by atoms with E-state index in [0.29, 0.717) is 0 Å². The molecule has 0 unspecified atom stereocenters. The molecule has 3 heteroatoms. The van der Waals surface area contributed by atoms with Gasteiger partial charge in [-0.05, 0) is 24.6 Å². The Morgan fingerprint density at radius 3 is 2.79 bits per heavy atom. The normalized spacial score (nSPS) is 10.4. The number of H-pyrrole nitrogens is 1. The van der Waals surface area contributed by atoms with E-state index < -0.39 is 0 Å². The number of rotatable bonds is 2. The van der Waals surface area contributed by atoms with Gasteiger partial charge < -0.3 is 0 Å². The van der Waals surface area contributed by atoms with E-state index in [1.54, 1.807) is 0 Å². The first-order valence-corrected chi connectivity index (χ1v) is 4.88. The summed E-state index contributed by atoms with van der Waals surface area (Å²) < 4.78 is 0. The summed E-state index contributed by atoms with van der Waals surface area (Å²) in [4.78, 5) is 0. The van der Waals surface area contributed by atoms with Gasteiger partial charge in [0.15, 0.2) is 0 Å². The summed E-state index contributed by atoms with van der Waals surface area (Å²) in [5, 5.41) is 7.88. The number of nitrogens with one attached hydrogen (secondary N) is 1. The van der Waals surface area contributed by atoms with Crippen LogP contribution in [0.25, 0.3) is 0 Å². The maximum absolute atomic E-state index is 6.04. The molecule has 0 aliphatic heterocycles. The highest BCUT2D eigenvalue weighted by Gasteiger charge is 2.02. The third-order valence-electron chi connectivity index (χ3n) is 2.09. The molecule has 72 valence electrons. The summed E-state index contributed by atoms with van der Waals surface area (Å²) in [6.07, 6.45) is 0.782. The van der Waals surface area contributed by atoms with Crippen molar-refractivity contribution < 1.29 is 0 Å². The van der Waals surface area contributed by atoms with Gasteiger partial charge in [-0.15, -0.1) is 0 Å². The summed E-state index contributed by atoms with van der Waals surface area (Å²) in [5.74, 6) is 0. The molecule has 0 amide bonds. The molecule has 14 heavy (non-hydrogen) atoms. The van der Waals surface area contributed by atoms with Crippen LogP contribution >= 0.6 is 11.6 Å². The minimum atomic E-state index is 0.782. The highest BCUT2D eigenvalue weighted by Crippen LogP contribution is 2.17. The molecule has 2 rings (SSSR count). The van der Waals surface area contributed by atoms with Crippen LogP contribution in [0.15, 0.2) is 30.3 Å². The Kier molecular flexibility index (Phi) is 2.55. The Bertz CT molecular complexity index is 434. The van der Waals surface area contributed by atoms with Gasteiger partial charge in [0.2, 0.25) is 0 Å². The molecule has 0 aliphatic rings. The SMILES string of the molecule is Cc1cc(Cc2ccccc2Cl)n[nH]1. The van der Waals surface area contributed by atoms with Gasteiger partial charge in [-0.3, -0.25) is 5.10 Å². The Morgan fingerprint density at radius 1 is 1.36 bits per heavy atom. The van der Waals surface area contributed by atoms with E-state index in [4.69, 9.17) is 11.6 Å². The lowest BCUT2D eigenvalue weighted by Crippen LogP contribution is -1.89. The first-order valence-electron chi connectivity index (χ1n) is 4.50. The van der Waals surface area contributed by atoms with Gasteiger partial charge in [-0.25, -0.2) is 0 Å². The van der Waals surface area contributed by atoms with Crippen LogP contribution in [0.2, 0.25) is 5.02 Å². The second-order valence-electron chi connectivity index (χ2n) is 3.31. The van der Waals surface area contributed by atoms with E-state index in [2.05, 4.69) is 10.2 Å². The van der Waals surface area contributed by atoms with Gasteiger partial charge in [0, 0.05) is 17.1 Å². The van der Waals surface area contributed by atoms with E-state index in [-0.39, 0.29) is 0 Å². The van der Waals surface area contributed by atoms with Gasteiger partial charge in [0.25, 0.3) is 0 Å². The summed E-state index contributed by atoms with van der Waals surface area (Å²) in [5.41, 5.74) is 3.21. The molecule has 2 nitrogen and oxygen atoms in total. The summed E-state index contributed by atoms with van der Waals surface area (Å²) >= 11 is 6.04. The zero-order valence-corrected chi connectivity index (χ0v) is 8.67. The van der Waals surface area contributed by atoms with Crippen molar-refractivity contribution in [1.29, 1.82) is 0 Å². The van der Waals surface area contributed by atoms with Gasteiger partial charge in [-0.2, -0.15) is 5.10 Å². The molecule has 1 aromatic carbocycles. The van der Waals surface area contributed by atoms with E-state index in [1.807, 2.05) is 37.3 Å². The third-order valence-corrected chi connectivity index (χ3v) is 2.46. The fourth-order valence-corrected chi connectivity index (χ4v) is 1.60. The molecule has 1 heterocycles. The van der Waals surface area contributed by atoms with Crippen LogP contribution in [-0.2, 0) is 6.42 Å². The largest absolute Gasteiger partial charge is 0.283 e. The number of aryl methyl sites for hydroxylation is 1. The Hall–Kier alpha value is -1.28.